The van der Waals surface area contributed by atoms with Crippen LogP contribution in [0.3, 0.4) is 0 Å². The third kappa shape index (κ3) is 4.09. The van der Waals surface area contributed by atoms with Crippen molar-refractivity contribution in [3.8, 4) is 17.2 Å². The topological polar surface area (TPSA) is 117 Å². The number of carbonyl (C=O) groups is 2. The first-order chi connectivity index (χ1) is 13.4. The van der Waals surface area contributed by atoms with Gasteiger partial charge < -0.3 is 25.0 Å². The molecule has 1 aliphatic rings. The summed E-state index contributed by atoms with van der Waals surface area (Å²) in [6, 6.07) is 9.15. The number of aromatic hydroxyl groups is 1. The number of aliphatic imine (C=N–C) groups is 1. The molecule has 28 heavy (non-hydrogen) atoms. The molecule has 0 spiro atoms. The molecule has 0 aromatic heterocycles. The number of rotatable bonds is 5. The Labute approximate surface area is 164 Å². The maximum absolute atomic E-state index is 12.3. The van der Waals surface area contributed by atoms with Crippen LogP contribution in [-0.2, 0) is 4.79 Å². The largest absolute Gasteiger partial charge is 0.507 e. The highest BCUT2D eigenvalue weighted by atomic mass is 32.2. The number of phenols is 1. The monoisotopic (exact) mass is 400 g/mol. The SMILES string of the molecule is COc1ccc(OC)c(/C=C2\SC(=Nc3ccc(O)c(C(=O)O)c3)NC2=O)c1. The molecule has 0 unspecified atom stereocenters. The second-order valence-corrected chi connectivity index (χ2v) is 6.63. The molecule has 2 aromatic rings. The summed E-state index contributed by atoms with van der Waals surface area (Å²) in [5.41, 5.74) is 0.685. The predicted molar refractivity (Wildman–Crippen MR) is 105 cm³/mol. The van der Waals surface area contributed by atoms with Crippen LogP contribution in [-0.4, -0.2) is 41.5 Å². The van der Waals surface area contributed by atoms with Gasteiger partial charge in [0.05, 0.1) is 24.8 Å². The van der Waals surface area contributed by atoms with E-state index < -0.39 is 5.97 Å². The number of amidine groups is 1. The average Bonchev–Trinajstić information content (AvgIpc) is 3.01. The summed E-state index contributed by atoms with van der Waals surface area (Å²) in [6.07, 6.45) is 1.66. The van der Waals surface area contributed by atoms with Gasteiger partial charge in [-0.15, -0.1) is 0 Å². The van der Waals surface area contributed by atoms with Gasteiger partial charge in [-0.3, -0.25) is 4.79 Å². The second-order valence-electron chi connectivity index (χ2n) is 5.60. The first-order valence-electron chi connectivity index (χ1n) is 7.99. The number of hydrogen-bond donors (Lipinski definition) is 3. The molecule has 1 heterocycles. The number of thioether (sulfide) groups is 1. The Balaban J connectivity index is 1.90. The van der Waals surface area contributed by atoms with Crippen molar-refractivity contribution in [2.24, 2.45) is 4.99 Å². The molecule has 1 aliphatic heterocycles. The quantitative estimate of drug-likeness (QED) is 0.661. The molecule has 3 rings (SSSR count). The Kier molecular flexibility index (Phi) is 5.55. The van der Waals surface area contributed by atoms with Gasteiger partial charge in [0.2, 0.25) is 0 Å². The molecule has 1 fully saturated rings. The normalized spacial score (nSPS) is 16.3. The minimum absolute atomic E-state index is 0.270. The van der Waals surface area contributed by atoms with Gasteiger partial charge in [-0.25, -0.2) is 9.79 Å². The Morgan fingerprint density at radius 2 is 1.96 bits per heavy atom. The number of carbonyl (C=O) groups excluding carboxylic acids is 1. The van der Waals surface area contributed by atoms with E-state index in [4.69, 9.17) is 14.6 Å². The molecular formula is C19H16N2O6S. The summed E-state index contributed by atoms with van der Waals surface area (Å²) in [5.74, 6) is -0.767. The standard InChI is InChI=1S/C19H16N2O6S/c1-26-12-4-6-15(27-2)10(7-12)8-16-17(23)21-19(28-16)20-11-3-5-14(22)13(9-11)18(24)25/h3-9,22H,1-2H3,(H,24,25)(H,20,21,23)/b16-8-. The van der Waals surface area contributed by atoms with Crippen LogP contribution in [0.5, 0.6) is 17.2 Å². The van der Waals surface area contributed by atoms with E-state index in [1.54, 1.807) is 31.4 Å². The van der Waals surface area contributed by atoms with Gasteiger partial charge in [0.15, 0.2) is 5.17 Å². The van der Waals surface area contributed by atoms with E-state index in [0.29, 0.717) is 32.8 Å². The zero-order chi connectivity index (χ0) is 20.3. The van der Waals surface area contributed by atoms with E-state index in [0.717, 1.165) is 11.8 Å². The molecule has 8 nitrogen and oxygen atoms in total. The molecule has 2 aromatic carbocycles. The van der Waals surface area contributed by atoms with Crippen LogP contribution >= 0.6 is 11.8 Å². The van der Waals surface area contributed by atoms with Crippen LogP contribution in [0.15, 0.2) is 46.3 Å². The molecule has 144 valence electrons. The summed E-state index contributed by atoms with van der Waals surface area (Å²) < 4.78 is 10.5. The van der Waals surface area contributed by atoms with Crippen LogP contribution in [0, 0.1) is 0 Å². The van der Waals surface area contributed by atoms with Gasteiger partial charge in [-0.2, -0.15) is 0 Å². The second kappa shape index (κ2) is 8.05. The number of nitrogens with zero attached hydrogens (tertiary/aromatic N) is 1. The van der Waals surface area contributed by atoms with Crippen molar-refractivity contribution in [3.05, 3.63) is 52.4 Å². The average molecular weight is 400 g/mol. The van der Waals surface area contributed by atoms with Crippen molar-refractivity contribution in [1.29, 1.82) is 0 Å². The highest BCUT2D eigenvalue weighted by molar-refractivity contribution is 8.18. The predicted octanol–water partition coefficient (Wildman–Crippen LogP) is 3.00. The van der Waals surface area contributed by atoms with Crippen LogP contribution in [0.2, 0.25) is 0 Å². The minimum Gasteiger partial charge on any atom is -0.507 e. The van der Waals surface area contributed by atoms with E-state index in [2.05, 4.69) is 10.3 Å². The zero-order valence-electron chi connectivity index (χ0n) is 14.9. The van der Waals surface area contributed by atoms with Crippen LogP contribution in [0.25, 0.3) is 6.08 Å². The van der Waals surface area contributed by atoms with E-state index >= 15 is 0 Å². The number of amides is 1. The van der Waals surface area contributed by atoms with Gasteiger partial charge in [0.1, 0.15) is 22.8 Å². The molecule has 1 saturated heterocycles. The number of carboxylic acids is 1. The van der Waals surface area contributed by atoms with Crippen molar-refractivity contribution >= 4 is 40.6 Å². The van der Waals surface area contributed by atoms with Gasteiger partial charge in [-0.1, -0.05) is 0 Å². The Bertz CT molecular complexity index is 1020. The third-order valence-electron chi connectivity index (χ3n) is 3.82. The van der Waals surface area contributed by atoms with Crippen LogP contribution < -0.4 is 14.8 Å². The summed E-state index contributed by atoms with van der Waals surface area (Å²) in [4.78, 5) is 28.0. The first kappa shape index (κ1) is 19.3. The van der Waals surface area contributed by atoms with E-state index in [9.17, 15) is 14.7 Å². The number of aromatic carboxylic acids is 1. The Hall–Kier alpha value is -3.46. The number of hydrogen-bond acceptors (Lipinski definition) is 7. The number of carboxylic acid groups (broad SMARTS) is 1. The maximum Gasteiger partial charge on any atom is 0.339 e. The summed E-state index contributed by atoms with van der Waals surface area (Å²) in [6.45, 7) is 0. The minimum atomic E-state index is -1.27. The third-order valence-corrected chi connectivity index (χ3v) is 4.73. The number of ether oxygens (including phenoxy) is 2. The fourth-order valence-electron chi connectivity index (χ4n) is 2.46. The van der Waals surface area contributed by atoms with Gasteiger partial charge in [0.25, 0.3) is 5.91 Å². The van der Waals surface area contributed by atoms with Gasteiger partial charge in [0, 0.05) is 5.56 Å². The lowest BCUT2D eigenvalue weighted by Crippen LogP contribution is -2.19. The van der Waals surface area contributed by atoms with E-state index in [1.165, 1.54) is 25.3 Å². The number of methoxy groups -OCH3 is 2. The van der Waals surface area contributed by atoms with Crippen molar-refractivity contribution in [3.63, 3.8) is 0 Å². The molecule has 9 heteroatoms. The first-order valence-corrected chi connectivity index (χ1v) is 8.81. The molecule has 0 saturated carbocycles. The highest BCUT2D eigenvalue weighted by Crippen LogP contribution is 2.33. The lowest BCUT2D eigenvalue weighted by molar-refractivity contribution is -0.115. The number of benzene rings is 2. The summed E-state index contributed by atoms with van der Waals surface area (Å²) >= 11 is 1.10. The van der Waals surface area contributed by atoms with Crippen LogP contribution in [0.1, 0.15) is 15.9 Å². The maximum atomic E-state index is 12.3. The lowest BCUT2D eigenvalue weighted by atomic mass is 10.1. The molecule has 0 radical (unpaired) electrons. The summed E-state index contributed by atoms with van der Waals surface area (Å²) in [7, 11) is 3.08. The molecule has 0 aliphatic carbocycles. The van der Waals surface area contributed by atoms with Crippen molar-refractivity contribution in [2.75, 3.05) is 14.2 Å². The van der Waals surface area contributed by atoms with Crippen LogP contribution in [0.4, 0.5) is 5.69 Å². The molecule has 0 bridgehead atoms. The number of nitrogens with one attached hydrogen (secondary N) is 1. The fourth-order valence-corrected chi connectivity index (χ4v) is 3.29. The van der Waals surface area contributed by atoms with Crippen molar-refractivity contribution in [1.82, 2.24) is 5.32 Å². The van der Waals surface area contributed by atoms with E-state index in [-0.39, 0.29) is 17.2 Å². The Morgan fingerprint density at radius 3 is 2.64 bits per heavy atom. The molecule has 1 amide bonds. The van der Waals surface area contributed by atoms with Crippen molar-refractivity contribution < 1.29 is 29.3 Å². The fraction of sp³-hybridized carbons (Fsp3) is 0.105. The van der Waals surface area contributed by atoms with Crippen molar-refractivity contribution in [2.45, 2.75) is 0 Å². The Morgan fingerprint density at radius 1 is 1.18 bits per heavy atom. The van der Waals surface area contributed by atoms with Gasteiger partial charge in [-0.05, 0) is 54.2 Å². The zero-order valence-corrected chi connectivity index (χ0v) is 15.7. The van der Waals surface area contributed by atoms with Gasteiger partial charge >= 0.3 is 5.97 Å². The molecule has 3 N–H and O–H groups in total. The summed E-state index contributed by atoms with van der Waals surface area (Å²) in [5, 5.41) is 21.6. The molecular weight excluding hydrogens is 384 g/mol. The smallest absolute Gasteiger partial charge is 0.339 e. The highest BCUT2D eigenvalue weighted by Gasteiger charge is 2.24. The molecule has 0 atom stereocenters. The van der Waals surface area contributed by atoms with E-state index in [1.807, 2.05) is 0 Å². The lowest BCUT2D eigenvalue weighted by Gasteiger charge is -2.07.